The van der Waals surface area contributed by atoms with Crippen LogP contribution in [0.4, 0.5) is 0 Å². The predicted molar refractivity (Wildman–Crippen MR) is 86.0 cm³/mol. The number of amides is 1. The van der Waals surface area contributed by atoms with Gasteiger partial charge in [0.05, 0.1) is 6.04 Å². The molecule has 1 heterocycles. The van der Waals surface area contributed by atoms with Gasteiger partial charge in [0.25, 0.3) is 0 Å². The number of carbonyl (C=O) groups is 1. The first-order chi connectivity index (χ1) is 10.1. The average molecular weight is 292 g/mol. The van der Waals surface area contributed by atoms with E-state index in [1.165, 1.54) is 51.4 Å². The monoisotopic (exact) mass is 292 g/mol. The molecule has 0 bridgehead atoms. The summed E-state index contributed by atoms with van der Waals surface area (Å²) in [6, 6.07) is 1.10. The standard InChI is InChI=1S/C18H32N2O/c1-12(2)14-8-4-6-10-16(14)20-18(21)17-11-13-7-3-5-9-15(13)19-17/h12-17,19H,3-11H2,1-2H3,(H,20,21). The minimum Gasteiger partial charge on any atom is -0.352 e. The first kappa shape index (κ1) is 15.3. The molecule has 2 aliphatic carbocycles. The van der Waals surface area contributed by atoms with Crippen LogP contribution in [0.5, 0.6) is 0 Å². The maximum Gasteiger partial charge on any atom is 0.237 e. The smallest absolute Gasteiger partial charge is 0.237 e. The first-order valence-corrected chi connectivity index (χ1v) is 9.21. The zero-order valence-electron chi connectivity index (χ0n) is 13.7. The molecule has 0 spiro atoms. The number of nitrogens with one attached hydrogen (secondary N) is 2. The summed E-state index contributed by atoms with van der Waals surface area (Å²) in [5.41, 5.74) is 0. The van der Waals surface area contributed by atoms with E-state index in [1.54, 1.807) is 0 Å². The van der Waals surface area contributed by atoms with Crippen molar-refractivity contribution in [2.24, 2.45) is 17.8 Å². The molecule has 5 atom stereocenters. The molecule has 3 rings (SSSR count). The van der Waals surface area contributed by atoms with Crippen LogP contribution < -0.4 is 10.6 Å². The Bertz CT molecular complexity index is 354. The number of fused-ring (bicyclic) bond motifs is 1. The van der Waals surface area contributed by atoms with Gasteiger partial charge in [-0.25, -0.2) is 0 Å². The van der Waals surface area contributed by atoms with Crippen molar-refractivity contribution in [3.05, 3.63) is 0 Å². The number of carbonyl (C=O) groups excluding carboxylic acids is 1. The van der Waals surface area contributed by atoms with Crippen molar-refractivity contribution < 1.29 is 4.79 Å². The highest BCUT2D eigenvalue weighted by Crippen LogP contribution is 2.34. The van der Waals surface area contributed by atoms with E-state index in [1.807, 2.05) is 0 Å². The van der Waals surface area contributed by atoms with Gasteiger partial charge in [0.2, 0.25) is 5.91 Å². The van der Waals surface area contributed by atoms with Crippen molar-refractivity contribution in [1.82, 2.24) is 10.6 Å². The molecule has 2 N–H and O–H groups in total. The highest BCUT2D eigenvalue weighted by Gasteiger charge is 2.39. The van der Waals surface area contributed by atoms with Crippen molar-refractivity contribution in [2.75, 3.05) is 0 Å². The maximum absolute atomic E-state index is 12.7. The summed E-state index contributed by atoms with van der Waals surface area (Å²) in [5.74, 6) is 2.38. The Morgan fingerprint density at radius 3 is 2.52 bits per heavy atom. The van der Waals surface area contributed by atoms with Crippen LogP contribution >= 0.6 is 0 Å². The van der Waals surface area contributed by atoms with E-state index in [4.69, 9.17) is 0 Å². The molecule has 1 aliphatic heterocycles. The fraction of sp³-hybridized carbons (Fsp3) is 0.944. The fourth-order valence-electron chi connectivity index (χ4n) is 4.94. The van der Waals surface area contributed by atoms with E-state index >= 15 is 0 Å². The van der Waals surface area contributed by atoms with Gasteiger partial charge in [-0.1, -0.05) is 39.5 Å². The largest absolute Gasteiger partial charge is 0.352 e. The summed E-state index contributed by atoms with van der Waals surface area (Å²) >= 11 is 0. The third-order valence-electron chi connectivity index (χ3n) is 6.18. The molecule has 2 saturated carbocycles. The Hall–Kier alpha value is -0.570. The van der Waals surface area contributed by atoms with Crippen LogP contribution in [0, 0.1) is 17.8 Å². The molecule has 3 heteroatoms. The quantitative estimate of drug-likeness (QED) is 0.838. The van der Waals surface area contributed by atoms with E-state index in [2.05, 4.69) is 24.5 Å². The van der Waals surface area contributed by atoms with Crippen LogP contribution in [-0.4, -0.2) is 24.0 Å². The minimum atomic E-state index is 0.0767. The average Bonchev–Trinajstić information content (AvgIpc) is 2.91. The molecule has 21 heavy (non-hydrogen) atoms. The van der Waals surface area contributed by atoms with Crippen molar-refractivity contribution in [2.45, 2.75) is 89.8 Å². The van der Waals surface area contributed by atoms with Crippen molar-refractivity contribution in [3.8, 4) is 0 Å². The zero-order valence-corrected chi connectivity index (χ0v) is 13.7. The van der Waals surface area contributed by atoms with Crippen LogP contribution in [-0.2, 0) is 4.79 Å². The van der Waals surface area contributed by atoms with Gasteiger partial charge >= 0.3 is 0 Å². The topological polar surface area (TPSA) is 41.1 Å². The van der Waals surface area contributed by atoms with Crippen LogP contribution in [0.25, 0.3) is 0 Å². The molecular formula is C18H32N2O. The molecule has 1 amide bonds. The Balaban J connectivity index is 1.55. The Morgan fingerprint density at radius 2 is 1.76 bits per heavy atom. The van der Waals surface area contributed by atoms with Gasteiger partial charge in [-0.05, 0) is 49.9 Å². The summed E-state index contributed by atoms with van der Waals surface area (Å²) < 4.78 is 0. The summed E-state index contributed by atoms with van der Waals surface area (Å²) in [5, 5.41) is 7.01. The van der Waals surface area contributed by atoms with Gasteiger partial charge < -0.3 is 10.6 Å². The van der Waals surface area contributed by atoms with E-state index in [-0.39, 0.29) is 11.9 Å². The molecule has 0 aromatic carbocycles. The van der Waals surface area contributed by atoms with Crippen LogP contribution in [0.3, 0.4) is 0 Å². The second-order valence-electron chi connectivity index (χ2n) is 7.91. The summed E-state index contributed by atoms with van der Waals surface area (Å²) in [6.45, 7) is 4.61. The molecule has 120 valence electrons. The van der Waals surface area contributed by atoms with Crippen molar-refractivity contribution >= 4 is 5.91 Å². The minimum absolute atomic E-state index is 0.0767. The van der Waals surface area contributed by atoms with E-state index in [0.29, 0.717) is 23.9 Å². The lowest BCUT2D eigenvalue weighted by Gasteiger charge is -2.35. The molecule has 3 aliphatic rings. The van der Waals surface area contributed by atoms with E-state index in [9.17, 15) is 4.79 Å². The van der Waals surface area contributed by atoms with Gasteiger partial charge in [0.1, 0.15) is 0 Å². The van der Waals surface area contributed by atoms with Crippen LogP contribution in [0.1, 0.15) is 71.6 Å². The molecule has 5 unspecified atom stereocenters. The third kappa shape index (κ3) is 3.44. The SMILES string of the molecule is CC(C)C1CCCCC1NC(=O)C1CC2CCCCC2N1. The third-order valence-corrected chi connectivity index (χ3v) is 6.18. The highest BCUT2D eigenvalue weighted by molar-refractivity contribution is 5.82. The first-order valence-electron chi connectivity index (χ1n) is 9.21. The second kappa shape index (κ2) is 6.68. The highest BCUT2D eigenvalue weighted by atomic mass is 16.2. The lowest BCUT2D eigenvalue weighted by Crippen LogP contribution is -2.50. The lowest BCUT2D eigenvalue weighted by molar-refractivity contribution is -0.124. The van der Waals surface area contributed by atoms with Gasteiger partial charge in [0, 0.05) is 12.1 Å². The zero-order chi connectivity index (χ0) is 14.8. The van der Waals surface area contributed by atoms with E-state index in [0.717, 1.165) is 12.3 Å². The van der Waals surface area contributed by atoms with Crippen molar-refractivity contribution in [3.63, 3.8) is 0 Å². The van der Waals surface area contributed by atoms with E-state index < -0.39 is 0 Å². The Kier molecular flexibility index (Phi) is 4.88. The van der Waals surface area contributed by atoms with Crippen LogP contribution in [0.2, 0.25) is 0 Å². The molecule has 1 saturated heterocycles. The second-order valence-corrected chi connectivity index (χ2v) is 7.91. The summed E-state index contributed by atoms with van der Waals surface area (Å²) in [6.07, 6.45) is 11.4. The summed E-state index contributed by atoms with van der Waals surface area (Å²) in [7, 11) is 0. The van der Waals surface area contributed by atoms with Gasteiger partial charge in [-0.15, -0.1) is 0 Å². The Morgan fingerprint density at radius 1 is 1.05 bits per heavy atom. The molecule has 3 fully saturated rings. The van der Waals surface area contributed by atoms with Gasteiger partial charge in [0.15, 0.2) is 0 Å². The lowest BCUT2D eigenvalue weighted by atomic mass is 9.77. The fourth-order valence-corrected chi connectivity index (χ4v) is 4.94. The molecule has 3 nitrogen and oxygen atoms in total. The maximum atomic E-state index is 12.7. The molecular weight excluding hydrogens is 260 g/mol. The molecule has 0 aromatic rings. The number of hydrogen-bond acceptors (Lipinski definition) is 2. The van der Waals surface area contributed by atoms with Gasteiger partial charge in [-0.2, -0.15) is 0 Å². The normalized spacial score (nSPS) is 40.0. The predicted octanol–water partition coefficient (Wildman–Crippen LogP) is 3.24. The van der Waals surface area contributed by atoms with Crippen LogP contribution in [0.15, 0.2) is 0 Å². The Labute approximate surface area is 129 Å². The summed E-state index contributed by atoms with van der Waals surface area (Å²) in [4.78, 5) is 12.7. The number of hydrogen-bond donors (Lipinski definition) is 2. The molecule has 0 radical (unpaired) electrons. The van der Waals surface area contributed by atoms with Crippen molar-refractivity contribution in [1.29, 1.82) is 0 Å². The molecule has 0 aromatic heterocycles. The number of rotatable bonds is 3. The van der Waals surface area contributed by atoms with Gasteiger partial charge in [-0.3, -0.25) is 4.79 Å².